The van der Waals surface area contributed by atoms with E-state index in [1.165, 1.54) is 106 Å². The number of carbonyl (C=O) groups is 3. The molecule has 0 aliphatic carbocycles. The lowest BCUT2D eigenvalue weighted by Gasteiger charge is -2.27. The molecule has 0 saturated heterocycles. The number of ketones is 3. The first-order valence-electron chi connectivity index (χ1n) is 19.5. The molecule has 6 atom stereocenters. The van der Waals surface area contributed by atoms with Gasteiger partial charge in [0.1, 0.15) is 16.6 Å². The van der Waals surface area contributed by atoms with Crippen LogP contribution in [0.25, 0.3) is 0 Å². The number of unbranched alkanes of at least 4 members (excludes halogenated alkanes) is 15. The van der Waals surface area contributed by atoms with Crippen LogP contribution >= 0.6 is 0 Å². The summed E-state index contributed by atoms with van der Waals surface area (Å²) in [6, 6.07) is 0. The van der Waals surface area contributed by atoms with Gasteiger partial charge >= 0.3 is 0 Å². The molecule has 0 radical (unpaired) electrons. The van der Waals surface area contributed by atoms with Crippen molar-refractivity contribution in [3.63, 3.8) is 0 Å². The summed E-state index contributed by atoms with van der Waals surface area (Å²) in [5, 5.41) is 28.4. The molecule has 12 nitrogen and oxygen atoms in total. The van der Waals surface area contributed by atoms with E-state index in [0.29, 0.717) is 19.3 Å². The number of nitrogens with two attached hydrogens (primary N) is 3. The fourth-order valence-electron chi connectivity index (χ4n) is 5.15. The van der Waals surface area contributed by atoms with E-state index in [9.17, 15) is 29.7 Å². The number of aliphatic hydroxyl groups is 3. The molecular formula is C45H105N3O9. The Morgan fingerprint density at radius 1 is 0.404 bits per heavy atom. The van der Waals surface area contributed by atoms with Gasteiger partial charge in [-0.1, -0.05) is 162 Å². The molecule has 0 spiro atoms. The molecule has 0 aromatic carbocycles. The second-order valence-corrected chi connectivity index (χ2v) is 14.4. The lowest BCUT2D eigenvalue weighted by Crippen LogP contribution is -2.55. The number of aliphatic hydroxyl groups excluding tert-OH is 3. The molecule has 6 unspecified atom stereocenters. The lowest BCUT2D eigenvalue weighted by atomic mass is 9.92. The van der Waals surface area contributed by atoms with Gasteiger partial charge in [-0.05, 0) is 40.0 Å². The van der Waals surface area contributed by atoms with Gasteiger partial charge in [0, 0.05) is 40.6 Å². The van der Waals surface area contributed by atoms with Gasteiger partial charge in [-0.25, -0.2) is 0 Å². The zero-order valence-corrected chi connectivity index (χ0v) is 34.1. The molecule has 0 aliphatic rings. The van der Waals surface area contributed by atoms with Gasteiger partial charge in [0.2, 0.25) is 0 Å². The Balaban J connectivity index is -0.0000000824. The molecule has 0 aromatic heterocycles. The SMILES string of the molecule is C.C.C.C.C.C.CCCCCCCC(=O)C(C)(N)C(O)OC.CCCCCCCCC(=O)C(C)(N)C(O)OC.CCCCCCCCCC(=O)C(C)(N)C(O)OC. The highest BCUT2D eigenvalue weighted by molar-refractivity contribution is 5.89. The van der Waals surface area contributed by atoms with Crippen LogP contribution in [0.4, 0.5) is 0 Å². The molecule has 0 saturated carbocycles. The average Bonchev–Trinajstić information content (AvgIpc) is 3.11. The Morgan fingerprint density at radius 3 is 0.719 bits per heavy atom. The summed E-state index contributed by atoms with van der Waals surface area (Å²) in [5.41, 5.74) is 13.4. The van der Waals surface area contributed by atoms with E-state index in [4.69, 9.17) is 31.4 Å². The van der Waals surface area contributed by atoms with Crippen molar-refractivity contribution in [2.75, 3.05) is 21.3 Å². The second kappa shape index (κ2) is 45.7. The molecule has 0 fully saturated rings. The van der Waals surface area contributed by atoms with Crippen LogP contribution in [0.5, 0.6) is 0 Å². The van der Waals surface area contributed by atoms with Crippen molar-refractivity contribution >= 4 is 17.3 Å². The highest BCUT2D eigenvalue weighted by Crippen LogP contribution is 2.17. The highest BCUT2D eigenvalue weighted by atomic mass is 16.6. The minimum atomic E-state index is -1.29. The maximum Gasteiger partial charge on any atom is 0.179 e. The van der Waals surface area contributed by atoms with Crippen LogP contribution in [0, 0.1) is 0 Å². The Morgan fingerprint density at radius 2 is 0.561 bits per heavy atom. The summed E-state index contributed by atoms with van der Waals surface area (Å²) in [6.45, 7) is 11.1. The first-order valence-corrected chi connectivity index (χ1v) is 19.5. The van der Waals surface area contributed by atoms with Crippen molar-refractivity contribution in [3.05, 3.63) is 0 Å². The van der Waals surface area contributed by atoms with E-state index in [1.807, 2.05) is 0 Å². The molecule has 0 amide bonds. The Labute approximate surface area is 355 Å². The summed E-state index contributed by atoms with van der Waals surface area (Å²) in [7, 11) is 4.02. The Hall–Kier alpha value is -1.35. The van der Waals surface area contributed by atoms with Crippen LogP contribution in [0.2, 0.25) is 0 Å². The van der Waals surface area contributed by atoms with E-state index < -0.39 is 35.5 Å². The summed E-state index contributed by atoms with van der Waals surface area (Å²) >= 11 is 0. The molecule has 0 bridgehead atoms. The van der Waals surface area contributed by atoms with Crippen LogP contribution in [0.15, 0.2) is 0 Å². The molecule has 354 valence electrons. The average molecular weight is 832 g/mol. The number of hydrogen-bond acceptors (Lipinski definition) is 12. The van der Waals surface area contributed by atoms with Gasteiger partial charge in [-0.2, -0.15) is 0 Å². The van der Waals surface area contributed by atoms with Gasteiger partial charge < -0.3 is 46.7 Å². The van der Waals surface area contributed by atoms with Crippen LogP contribution in [0.1, 0.15) is 221 Å². The van der Waals surface area contributed by atoms with Gasteiger partial charge in [0.25, 0.3) is 0 Å². The van der Waals surface area contributed by atoms with Crippen molar-refractivity contribution in [2.24, 2.45) is 17.2 Å². The van der Waals surface area contributed by atoms with Crippen LogP contribution in [0.3, 0.4) is 0 Å². The van der Waals surface area contributed by atoms with Crippen molar-refractivity contribution in [3.8, 4) is 0 Å². The molecular weight excluding hydrogens is 727 g/mol. The maximum atomic E-state index is 11.8. The van der Waals surface area contributed by atoms with E-state index in [1.54, 1.807) is 0 Å². The minimum absolute atomic E-state index is 0. The first kappa shape index (κ1) is 76.4. The van der Waals surface area contributed by atoms with E-state index in [-0.39, 0.29) is 61.9 Å². The van der Waals surface area contributed by atoms with E-state index in [2.05, 4.69) is 20.8 Å². The van der Waals surface area contributed by atoms with Crippen molar-refractivity contribution in [1.82, 2.24) is 0 Å². The summed E-state index contributed by atoms with van der Waals surface area (Å²) in [4.78, 5) is 35.4. The number of hydrogen-bond donors (Lipinski definition) is 6. The van der Waals surface area contributed by atoms with Gasteiger partial charge in [-0.3, -0.25) is 14.4 Å². The summed E-state index contributed by atoms with van der Waals surface area (Å²) < 4.78 is 14.1. The van der Waals surface area contributed by atoms with E-state index >= 15 is 0 Å². The van der Waals surface area contributed by atoms with E-state index in [0.717, 1.165) is 51.4 Å². The second-order valence-electron chi connectivity index (χ2n) is 14.4. The molecule has 0 heterocycles. The third kappa shape index (κ3) is 36.2. The van der Waals surface area contributed by atoms with Crippen molar-refractivity contribution in [1.29, 1.82) is 0 Å². The van der Waals surface area contributed by atoms with Gasteiger partial charge in [-0.15, -0.1) is 0 Å². The zero-order chi connectivity index (χ0) is 39.9. The van der Waals surface area contributed by atoms with Crippen LogP contribution in [-0.2, 0) is 28.6 Å². The normalized spacial score (nSPS) is 14.8. The fourth-order valence-corrected chi connectivity index (χ4v) is 5.15. The number of carbonyl (C=O) groups excluding carboxylic acids is 3. The third-order valence-corrected chi connectivity index (χ3v) is 9.28. The smallest absolute Gasteiger partial charge is 0.179 e. The predicted molar refractivity (Wildman–Crippen MR) is 246 cm³/mol. The Bertz CT molecular complexity index is 871. The molecule has 0 rings (SSSR count). The fraction of sp³-hybridized carbons (Fsp3) is 0.933. The standard InChI is InChI=1S/C14H29NO3.C13H27NO3.C12H25NO3.6CH4/c1-4-5-6-7-8-9-10-11-12(16)14(2,15)13(17)18-3;1-4-5-6-7-8-9-10-11(15)13(2,14)12(16)17-3;1-4-5-6-7-8-9-10(14)12(2,13)11(15)16-3;;;;;;/h13,17H,4-11,15H2,1-3H3;12,16H,4-10,14H2,1-3H3;11,15H,4-9,13H2,1-3H3;6*1H4. The maximum absolute atomic E-state index is 11.8. The predicted octanol–water partition coefficient (Wildman–Crippen LogP) is 9.78. The number of Topliss-reactive ketones (excluding diaryl/α,β-unsaturated/α-hetero) is 3. The summed E-state index contributed by atoms with van der Waals surface area (Å²) in [6.07, 6.45) is 17.9. The molecule has 57 heavy (non-hydrogen) atoms. The van der Waals surface area contributed by atoms with Crippen LogP contribution in [-0.4, -0.2) is 89.5 Å². The summed E-state index contributed by atoms with van der Waals surface area (Å²) in [5.74, 6) is -0.411. The minimum Gasteiger partial charge on any atom is -0.366 e. The Kier molecular flexibility index (Phi) is 61.3. The molecule has 9 N–H and O–H groups in total. The zero-order valence-electron chi connectivity index (χ0n) is 34.1. The third-order valence-electron chi connectivity index (χ3n) is 9.28. The highest BCUT2D eigenvalue weighted by Gasteiger charge is 2.37. The van der Waals surface area contributed by atoms with Gasteiger partial charge in [0.15, 0.2) is 36.2 Å². The van der Waals surface area contributed by atoms with Crippen molar-refractivity contribution in [2.45, 2.75) is 256 Å². The monoisotopic (exact) mass is 832 g/mol. The number of ether oxygens (including phenoxy) is 3. The topological polar surface area (TPSA) is 218 Å². The molecule has 12 heteroatoms. The van der Waals surface area contributed by atoms with Crippen LogP contribution < -0.4 is 17.2 Å². The van der Waals surface area contributed by atoms with Gasteiger partial charge in [0.05, 0.1) is 0 Å². The largest absolute Gasteiger partial charge is 0.366 e. The molecule has 0 aromatic rings. The number of methoxy groups -OCH3 is 3. The lowest BCUT2D eigenvalue weighted by molar-refractivity contribution is -0.150. The van der Waals surface area contributed by atoms with Crippen molar-refractivity contribution < 1.29 is 43.9 Å². The number of rotatable bonds is 30. The molecule has 0 aliphatic heterocycles. The first-order chi connectivity index (χ1) is 23.9. The quantitative estimate of drug-likeness (QED) is 0.0294.